The predicted octanol–water partition coefficient (Wildman–Crippen LogP) is 13.7. The topological polar surface area (TPSA) is 13.1 Å². The fourth-order valence-corrected chi connectivity index (χ4v) is 7.66. The molecule has 10 rings (SSSR count). The number of furan rings is 1. The second-order valence-electron chi connectivity index (χ2n) is 12.7. The molecule has 0 saturated carbocycles. The van der Waals surface area contributed by atoms with Crippen LogP contribution in [0.4, 0.5) is 0 Å². The molecule has 0 N–H and O–H groups in total. The minimum atomic E-state index is 0.448. The Labute approximate surface area is 287 Å². The molecule has 0 aliphatic rings. The molecule has 0 amide bonds. The van der Waals surface area contributed by atoms with Crippen LogP contribution in [-0.2, 0) is 0 Å². The molecule has 0 saturated heterocycles. The van der Waals surface area contributed by atoms with E-state index in [0.717, 1.165) is 49.4 Å². The Morgan fingerprint density at radius 2 is 0.898 bits per heavy atom. The van der Waals surface area contributed by atoms with Gasteiger partial charge in [0.25, 0.3) is 0 Å². The van der Waals surface area contributed by atoms with E-state index in [1.54, 1.807) is 6.07 Å². The molecule has 10 aromatic rings. The Bertz CT molecular complexity index is 2930. The molecule has 9 aromatic carbocycles. The minimum absolute atomic E-state index is 0.448. The molecule has 0 bridgehead atoms. The molecule has 0 fully saturated rings. The van der Waals surface area contributed by atoms with Gasteiger partial charge in [0.05, 0.1) is 2.74 Å². The predicted molar refractivity (Wildman–Crippen MR) is 208 cm³/mol. The fourth-order valence-electron chi connectivity index (χ4n) is 7.66. The van der Waals surface area contributed by atoms with E-state index < -0.39 is 0 Å². The molecule has 0 atom stereocenters. The van der Waals surface area contributed by atoms with Crippen molar-refractivity contribution in [1.82, 2.24) is 0 Å². The normalized spacial score (nSPS) is 12.2. The van der Waals surface area contributed by atoms with Crippen molar-refractivity contribution in [2.75, 3.05) is 0 Å². The summed E-state index contributed by atoms with van der Waals surface area (Å²) in [6.45, 7) is 0. The lowest BCUT2D eigenvalue weighted by atomic mass is 9.83. The van der Waals surface area contributed by atoms with Gasteiger partial charge in [0.1, 0.15) is 11.2 Å². The van der Waals surface area contributed by atoms with Gasteiger partial charge in [-0.2, -0.15) is 0 Å². The maximum Gasteiger partial charge on any atom is 0.135 e. The van der Waals surface area contributed by atoms with Gasteiger partial charge in [-0.25, -0.2) is 0 Å². The zero-order chi connectivity index (χ0) is 34.1. The van der Waals surface area contributed by atoms with E-state index in [0.29, 0.717) is 12.1 Å². The van der Waals surface area contributed by atoms with Crippen LogP contribution in [0.1, 0.15) is 2.74 Å². The highest BCUT2D eigenvalue weighted by Gasteiger charge is 2.19. The molecule has 228 valence electrons. The third-order valence-corrected chi connectivity index (χ3v) is 9.95. The van der Waals surface area contributed by atoms with Gasteiger partial charge in [-0.1, -0.05) is 158 Å². The summed E-state index contributed by atoms with van der Waals surface area (Å²) in [5.74, 6) is 0. The number of hydrogen-bond donors (Lipinski definition) is 0. The van der Waals surface area contributed by atoms with E-state index in [-0.39, 0.29) is 0 Å². The summed E-state index contributed by atoms with van der Waals surface area (Å²) in [6, 6.07) is 60.5. The highest BCUT2D eigenvalue weighted by atomic mass is 16.3. The number of hydrogen-bond acceptors (Lipinski definition) is 1. The van der Waals surface area contributed by atoms with Crippen molar-refractivity contribution < 1.29 is 7.16 Å². The molecule has 1 aromatic heterocycles. The van der Waals surface area contributed by atoms with Crippen molar-refractivity contribution in [3.8, 4) is 44.5 Å². The average molecular weight is 625 g/mol. The number of benzene rings is 9. The van der Waals surface area contributed by atoms with Gasteiger partial charge < -0.3 is 4.42 Å². The van der Waals surface area contributed by atoms with Crippen molar-refractivity contribution in [2.45, 2.75) is 0 Å². The first-order valence-corrected chi connectivity index (χ1v) is 16.7. The summed E-state index contributed by atoms with van der Waals surface area (Å²) < 4.78 is 22.1. The third kappa shape index (κ3) is 4.47. The van der Waals surface area contributed by atoms with Gasteiger partial charge in [-0.05, 0) is 101 Å². The number of para-hydroxylation sites is 1. The van der Waals surface area contributed by atoms with Gasteiger partial charge >= 0.3 is 0 Å². The van der Waals surface area contributed by atoms with Crippen molar-refractivity contribution in [3.05, 3.63) is 182 Å². The molecular formula is C48H30O. The molecule has 0 unspecified atom stereocenters. The van der Waals surface area contributed by atoms with Crippen LogP contribution in [0.15, 0.2) is 186 Å². The molecule has 0 aliphatic heterocycles. The van der Waals surface area contributed by atoms with Gasteiger partial charge in [-0.3, -0.25) is 0 Å². The monoisotopic (exact) mass is 624 g/mol. The van der Waals surface area contributed by atoms with Crippen LogP contribution in [0.3, 0.4) is 0 Å². The zero-order valence-corrected chi connectivity index (χ0v) is 26.6. The fraction of sp³-hybridized carbons (Fsp3) is 0. The average Bonchev–Trinajstić information content (AvgIpc) is 3.53. The summed E-state index contributed by atoms with van der Waals surface area (Å²) in [5, 5.41) is 9.17. The highest BCUT2D eigenvalue weighted by Crippen LogP contribution is 2.46. The number of rotatable bonds is 4. The number of fused-ring (bicyclic) bond motifs is 6. The summed E-state index contributed by atoms with van der Waals surface area (Å²) >= 11 is 0. The molecule has 0 spiro atoms. The second kappa shape index (κ2) is 11.1. The van der Waals surface area contributed by atoms with Gasteiger partial charge in [0.2, 0.25) is 0 Å². The van der Waals surface area contributed by atoms with Crippen LogP contribution in [0.5, 0.6) is 0 Å². The van der Waals surface area contributed by atoms with E-state index in [1.807, 2.05) is 36.4 Å². The Morgan fingerprint density at radius 3 is 1.67 bits per heavy atom. The maximum atomic E-state index is 8.07. The zero-order valence-electron chi connectivity index (χ0n) is 28.6. The van der Waals surface area contributed by atoms with Crippen LogP contribution >= 0.6 is 0 Å². The van der Waals surface area contributed by atoms with Crippen LogP contribution < -0.4 is 0 Å². The van der Waals surface area contributed by atoms with E-state index in [2.05, 4.69) is 127 Å². The van der Waals surface area contributed by atoms with E-state index in [9.17, 15) is 0 Å². The first kappa shape index (κ1) is 25.6. The van der Waals surface area contributed by atoms with Crippen molar-refractivity contribution in [2.24, 2.45) is 0 Å². The van der Waals surface area contributed by atoms with E-state index >= 15 is 0 Å². The summed E-state index contributed by atoms with van der Waals surface area (Å²) in [7, 11) is 0. The van der Waals surface area contributed by atoms with Crippen LogP contribution in [0.25, 0.3) is 98.8 Å². The first-order valence-electron chi connectivity index (χ1n) is 17.7. The maximum absolute atomic E-state index is 8.07. The Morgan fingerprint density at radius 1 is 0.327 bits per heavy atom. The largest absolute Gasteiger partial charge is 0.456 e. The third-order valence-electron chi connectivity index (χ3n) is 9.95. The highest BCUT2D eigenvalue weighted by molar-refractivity contribution is 6.22. The van der Waals surface area contributed by atoms with Crippen molar-refractivity contribution in [3.63, 3.8) is 0 Å². The molecular weight excluding hydrogens is 593 g/mol. The lowest BCUT2D eigenvalue weighted by Crippen LogP contribution is -1.92. The summed E-state index contributed by atoms with van der Waals surface area (Å²) in [5.41, 5.74) is 11.0. The van der Waals surface area contributed by atoms with Crippen molar-refractivity contribution >= 4 is 54.3 Å². The molecule has 0 radical (unpaired) electrons. The van der Waals surface area contributed by atoms with Crippen LogP contribution in [-0.4, -0.2) is 0 Å². The molecule has 1 heteroatoms. The van der Waals surface area contributed by atoms with E-state index in [1.165, 1.54) is 49.4 Å². The standard InChI is InChI=1S/C48H30O/c1-2-12-34-29-36(26-23-31(34)11-1)37-13-3-4-15-39(37)48-42-18-7-5-16-40(42)47(41-17-6-8-19-43(41)48)33-24-21-32(22-25-33)35-27-28-46-44(30-35)38-14-9-10-20-45(38)49-46/h1-30H/i1D,10D. The smallest absolute Gasteiger partial charge is 0.135 e. The minimum Gasteiger partial charge on any atom is -0.456 e. The quantitative estimate of drug-likeness (QED) is 0.178. The van der Waals surface area contributed by atoms with Gasteiger partial charge in [-0.15, -0.1) is 0 Å². The Hall–Kier alpha value is -6.44. The SMILES string of the molecule is [2H]c1ccc2cc(-c3ccccc3-c3c4ccccc4c(-c4ccc(-c5ccc6oc7cc([2H])ccc7c6c5)cc4)c4ccccc34)ccc2c1. The van der Waals surface area contributed by atoms with Gasteiger partial charge in [0.15, 0.2) is 0 Å². The van der Waals surface area contributed by atoms with Crippen molar-refractivity contribution in [1.29, 1.82) is 0 Å². The lowest BCUT2D eigenvalue weighted by molar-refractivity contribution is 0.669. The molecule has 49 heavy (non-hydrogen) atoms. The summed E-state index contributed by atoms with van der Waals surface area (Å²) in [4.78, 5) is 0. The Balaban J connectivity index is 1.13. The molecule has 1 nitrogen and oxygen atoms in total. The molecule has 0 aliphatic carbocycles. The summed E-state index contributed by atoms with van der Waals surface area (Å²) in [6.07, 6.45) is 0. The van der Waals surface area contributed by atoms with E-state index in [4.69, 9.17) is 7.16 Å². The first-order chi connectivity index (χ1) is 25.1. The van der Waals surface area contributed by atoms with Crippen LogP contribution in [0.2, 0.25) is 0 Å². The molecule has 1 heterocycles. The Kier molecular flexibility index (Phi) is 5.79. The second-order valence-corrected chi connectivity index (χ2v) is 12.7. The van der Waals surface area contributed by atoms with Gasteiger partial charge in [0, 0.05) is 10.8 Å². The van der Waals surface area contributed by atoms with Crippen LogP contribution in [0, 0.1) is 0 Å². The lowest BCUT2D eigenvalue weighted by Gasteiger charge is -2.20.